The van der Waals surface area contributed by atoms with Gasteiger partial charge in [0.1, 0.15) is 0 Å². The molecule has 6 heteroatoms. The lowest BCUT2D eigenvalue weighted by molar-refractivity contribution is -0.157. The van der Waals surface area contributed by atoms with Crippen molar-refractivity contribution >= 4 is 17.9 Å². The average molecular weight is 204 g/mol. The molecule has 14 heavy (non-hydrogen) atoms. The molecule has 0 saturated carbocycles. The van der Waals surface area contributed by atoms with Crippen molar-refractivity contribution in [2.45, 2.75) is 13.3 Å². The predicted octanol–water partition coefficient (Wildman–Crippen LogP) is -0.0290. The van der Waals surface area contributed by atoms with Crippen molar-refractivity contribution in [3.63, 3.8) is 0 Å². The number of esters is 1. The number of hydrogen-bond donors (Lipinski definition) is 2. The Kier molecular flexibility index (Phi) is 4.62. The standard InChI is InChI=1S/C8H12O6/c1-4(3-5(9)14-2)6(7(10)11)8(12)13/h4,6H,3H2,1-2H3,(H,10,11)(H,12,13). The maximum Gasteiger partial charge on any atom is 0.318 e. The summed E-state index contributed by atoms with van der Waals surface area (Å²) < 4.78 is 4.31. The van der Waals surface area contributed by atoms with E-state index in [0.717, 1.165) is 7.11 Å². The quantitative estimate of drug-likeness (QED) is 0.481. The fourth-order valence-electron chi connectivity index (χ4n) is 1.06. The van der Waals surface area contributed by atoms with Crippen LogP contribution in [-0.2, 0) is 19.1 Å². The Labute approximate surface area is 80.5 Å². The first-order valence-corrected chi connectivity index (χ1v) is 3.92. The molecule has 0 aromatic heterocycles. The maximum atomic E-state index is 10.8. The van der Waals surface area contributed by atoms with Crippen molar-refractivity contribution in [2.75, 3.05) is 7.11 Å². The van der Waals surface area contributed by atoms with E-state index in [1.165, 1.54) is 6.92 Å². The van der Waals surface area contributed by atoms with Crippen molar-refractivity contribution in [1.82, 2.24) is 0 Å². The molecule has 0 aliphatic heterocycles. The summed E-state index contributed by atoms with van der Waals surface area (Å²) in [5, 5.41) is 17.1. The van der Waals surface area contributed by atoms with E-state index < -0.39 is 29.7 Å². The van der Waals surface area contributed by atoms with Crippen LogP contribution >= 0.6 is 0 Å². The molecular formula is C8H12O6. The first-order valence-electron chi connectivity index (χ1n) is 3.92. The van der Waals surface area contributed by atoms with Crippen LogP contribution in [0.15, 0.2) is 0 Å². The van der Waals surface area contributed by atoms with Crippen LogP contribution in [0, 0.1) is 11.8 Å². The fourth-order valence-corrected chi connectivity index (χ4v) is 1.06. The summed E-state index contributed by atoms with van der Waals surface area (Å²) in [4.78, 5) is 31.8. The van der Waals surface area contributed by atoms with E-state index >= 15 is 0 Å². The van der Waals surface area contributed by atoms with Crippen molar-refractivity contribution in [3.05, 3.63) is 0 Å². The van der Waals surface area contributed by atoms with Gasteiger partial charge in [-0.1, -0.05) is 6.92 Å². The smallest absolute Gasteiger partial charge is 0.318 e. The van der Waals surface area contributed by atoms with E-state index in [2.05, 4.69) is 4.74 Å². The molecule has 0 spiro atoms. The van der Waals surface area contributed by atoms with Gasteiger partial charge in [0.05, 0.1) is 7.11 Å². The van der Waals surface area contributed by atoms with E-state index in [1.54, 1.807) is 0 Å². The molecule has 2 N–H and O–H groups in total. The average Bonchev–Trinajstić information content (AvgIpc) is 2.02. The van der Waals surface area contributed by atoms with Gasteiger partial charge in [-0.15, -0.1) is 0 Å². The summed E-state index contributed by atoms with van der Waals surface area (Å²) in [6.07, 6.45) is -0.222. The number of carboxylic acids is 2. The van der Waals surface area contributed by atoms with Crippen LogP contribution in [0.2, 0.25) is 0 Å². The highest BCUT2D eigenvalue weighted by atomic mass is 16.5. The Morgan fingerprint density at radius 2 is 1.64 bits per heavy atom. The molecule has 0 amide bonds. The minimum absolute atomic E-state index is 0.222. The number of ether oxygens (including phenoxy) is 1. The Hall–Kier alpha value is -1.59. The summed E-state index contributed by atoms with van der Waals surface area (Å²) in [6.45, 7) is 1.38. The van der Waals surface area contributed by atoms with Crippen LogP contribution in [0.25, 0.3) is 0 Å². The Morgan fingerprint density at radius 3 is 1.93 bits per heavy atom. The summed E-state index contributed by atoms with van der Waals surface area (Å²) >= 11 is 0. The van der Waals surface area contributed by atoms with Crippen molar-refractivity contribution in [1.29, 1.82) is 0 Å². The van der Waals surface area contributed by atoms with Crippen LogP contribution in [0.1, 0.15) is 13.3 Å². The SMILES string of the molecule is COC(=O)CC(C)C(C(=O)O)C(=O)O. The molecule has 0 aliphatic rings. The Bertz CT molecular complexity index is 232. The van der Waals surface area contributed by atoms with Gasteiger partial charge < -0.3 is 14.9 Å². The second-order valence-corrected chi connectivity index (χ2v) is 2.91. The van der Waals surface area contributed by atoms with Gasteiger partial charge in [0.15, 0.2) is 5.92 Å². The van der Waals surface area contributed by atoms with Crippen molar-refractivity contribution in [3.8, 4) is 0 Å². The van der Waals surface area contributed by atoms with E-state index in [4.69, 9.17) is 10.2 Å². The maximum absolute atomic E-state index is 10.8. The molecule has 0 aromatic rings. The van der Waals surface area contributed by atoms with Gasteiger partial charge in [-0.05, 0) is 5.92 Å². The molecule has 0 radical (unpaired) electrons. The van der Waals surface area contributed by atoms with Crippen molar-refractivity contribution < 1.29 is 29.3 Å². The zero-order valence-corrected chi connectivity index (χ0v) is 7.89. The molecule has 1 atom stereocenters. The lowest BCUT2D eigenvalue weighted by Gasteiger charge is -2.14. The molecule has 0 fully saturated rings. The first kappa shape index (κ1) is 12.4. The van der Waals surface area contributed by atoms with E-state index in [1.807, 2.05) is 0 Å². The van der Waals surface area contributed by atoms with E-state index in [0.29, 0.717) is 0 Å². The van der Waals surface area contributed by atoms with E-state index in [9.17, 15) is 14.4 Å². The monoisotopic (exact) mass is 204 g/mol. The summed E-state index contributed by atoms with van der Waals surface area (Å²) in [5.74, 6) is -5.89. The number of carbonyl (C=O) groups excluding carboxylic acids is 1. The molecule has 0 aliphatic carbocycles. The Balaban J connectivity index is 4.45. The Morgan fingerprint density at radius 1 is 1.21 bits per heavy atom. The molecule has 0 aromatic carbocycles. The van der Waals surface area contributed by atoms with Gasteiger partial charge in [0, 0.05) is 6.42 Å². The number of carboxylic acid groups (broad SMARTS) is 2. The second kappa shape index (κ2) is 5.21. The number of methoxy groups -OCH3 is 1. The largest absolute Gasteiger partial charge is 0.481 e. The second-order valence-electron chi connectivity index (χ2n) is 2.91. The normalized spacial score (nSPS) is 12.2. The summed E-state index contributed by atoms with van der Waals surface area (Å²) in [7, 11) is 1.16. The zero-order chi connectivity index (χ0) is 11.3. The minimum atomic E-state index is -1.57. The first-order chi connectivity index (χ1) is 6.40. The number of rotatable bonds is 5. The summed E-state index contributed by atoms with van der Waals surface area (Å²) in [5.41, 5.74) is 0. The third-order valence-electron chi connectivity index (χ3n) is 1.82. The van der Waals surface area contributed by atoms with Crippen molar-refractivity contribution in [2.24, 2.45) is 11.8 Å². The highest BCUT2D eigenvalue weighted by Gasteiger charge is 2.33. The van der Waals surface area contributed by atoms with Crippen LogP contribution in [-0.4, -0.2) is 35.2 Å². The number of aliphatic carboxylic acids is 2. The molecule has 6 nitrogen and oxygen atoms in total. The van der Waals surface area contributed by atoms with Gasteiger partial charge >= 0.3 is 17.9 Å². The molecule has 0 bridgehead atoms. The predicted molar refractivity (Wildman–Crippen MR) is 44.6 cm³/mol. The summed E-state index contributed by atoms with van der Waals surface area (Å²) in [6, 6.07) is 0. The topological polar surface area (TPSA) is 101 Å². The molecule has 80 valence electrons. The van der Waals surface area contributed by atoms with Gasteiger partial charge in [-0.2, -0.15) is 0 Å². The third kappa shape index (κ3) is 3.42. The zero-order valence-electron chi connectivity index (χ0n) is 7.89. The minimum Gasteiger partial charge on any atom is -0.481 e. The lowest BCUT2D eigenvalue weighted by Crippen LogP contribution is -2.31. The van der Waals surface area contributed by atoms with Crippen LogP contribution < -0.4 is 0 Å². The number of hydrogen-bond acceptors (Lipinski definition) is 4. The highest BCUT2D eigenvalue weighted by molar-refractivity contribution is 5.93. The molecule has 0 heterocycles. The highest BCUT2D eigenvalue weighted by Crippen LogP contribution is 2.16. The van der Waals surface area contributed by atoms with Gasteiger partial charge in [-0.25, -0.2) is 0 Å². The van der Waals surface area contributed by atoms with Gasteiger partial charge in [-0.3, -0.25) is 14.4 Å². The van der Waals surface area contributed by atoms with Gasteiger partial charge in [0.2, 0.25) is 0 Å². The third-order valence-corrected chi connectivity index (χ3v) is 1.82. The lowest BCUT2D eigenvalue weighted by atomic mass is 9.91. The fraction of sp³-hybridized carbons (Fsp3) is 0.625. The van der Waals surface area contributed by atoms with E-state index in [-0.39, 0.29) is 6.42 Å². The van der Waals surface area contributed by atoms with Crippen LogP contribution in [0.4, 0.5) is 0 Å². The number of carbonyl (C=O) groups is 3. The molecule has 0 saturated heterocycles. The van der Waals surface area contributed by atoms with Crippen LogP contribution in [0.3, 0.4) is 0 Å². The molecular weight excluding hydrogens is 192 g/mol. The van der Waals surface area contributed by atoms with Crippen LogP contribution in [0.5, 0.6) is 0 Å². The van der Waals surface area contributed by atoms with Gasteiger partial charge in [0.25, 0.3) is 0 Å². The molecule has 1 unspecified atom stereocenters. The molecule has 0 rings (SSSR count).